The average molecular weight is 477 g/mol. The Morgan fingerprint density at radius 1 is 1.03 bits per heavy atom. The molecule has 1 amide bonds. The van der Waals surface area contributed by atoms with Crippen molar-refractivity contribution in [2.75, 3.05) is 32.8 Å². The molecular formula is C29H36N2O4. The summed E-state index contributed by atoms with van der Waals surface area (Å²) in [5.41, 5.74) is 2.82. The number of rotatable bonds is 10. The minimum Gasteiger partial charge on any atom is -0.494 e. The molecule has 1 aliphatic rings. The highest BCUT2D eigenvalue weighted by atomic mass is 16.5. The molecule has 0 N–H and O–H groups in total. The van der Waals surface area contributed by atoms with E-state index in [0.717, 1.165) is 31.6 Å². The average Bonchev–Trinajstić information content (AvgIpc) is 3.13. The Kier molecular flexibility index (Phi) is 7.60. The van der Waals surface area contributed by atoms with E-state index in [0.29, 0.717) is 41.4 Å². The molecule has 0 bridgehead atoms. The first kappa shape index (κ1) is 25.0. The molecule has 35 heavy (non-hydrogen) atoms. The minimum atomic E-state index is -0.456. The van der Waals surface area contributed by atoms with Crippen LogP contribution in [-0.4, -0.2) is 48.5 Å². The second kappa shape index (κ2) is 10.6. The predicted octanol–water partition coefficient (Wildman–Crippen LogP) is 5.59. The van der Waals surface area contributed by atoms with Crippen LogP contribution in [0.2, 0.25) is 0 Å². The van der Waals surface area contributed by atoms with E-state index in [1.165, 1.54) is 5.56 Å². The molecule has 0 spiro atoms. The zero-order valence-corrected chi connectivity index (χ0v) is 21.5. The predicted molar refractivity (Wildman–Crippen MR) is 139 cm³/mol. The summed E-state index contributed by atoms with van der Waals surface area (Å²) in [5.74, 6) is 0.945. The summed E-state index contributed by atoms with van der Waals surface area (Å²) >= 11 is 0. The standard InChI is InChI=1S/C29H36N2O4/c1-6-30(7-2)16-9-17-31-26(21-12-10-20(11-13-21)19(4)5)25-27(32)23-15-14-22(34-8-3)18-24(23)35-28(25)29(31)33/h10-15,18-19,26H,6-9,16-17H2,1-5H3. The van der Waals surface area contributed by atoms with Gasteiger partial charge in [0.25, 0.3) is 5.91 Å². The fraction of sp³-hybridized carbons (Fsp3) is 0.448. The van der Waals surface area contributed by atoms with Gasteiger partial charge in [0.15, 0.2) is 5.43 Å². The van der Waals surface area contributed by atoms with Crippen LogP contribution in [0, 0.1) is 0 Å². The van der Waals surface area contributed by atoms with Crippen LogP contribution < -0.4 is 10.2 Å². The highest BCUT2D eigenvalue weighted by Gasteiger charge is 2.42. The highest BCUT2D eigenvalue weighted by Crippen LogP contribution is 2.39. The monoisotopic (exact) mass is 476 g/mol. The molecule has 0 aliphatic carbocycles. The smallest absolute Gasteiger partial charge is 0.290 e. The quantitative estimate of drug-likeness (QED) is 0.382. The maximum Gasteiger partial charge on any atom is 0.290 e. The first-order valence-corrected chi connectivity index (χ1v) is 12.8. The van der Waals surface area contributed by atoms with Gasteiger partial charge >= 0.3 is 0 Å². The SMILES string of the molecule is CCOc1ccc2c(=O)c3c(oc2c1)C(=O)N(CCCN(CC)CC)C3c1ccc(C(C)C)cc1. The Hall–Kier alpha value is -3.12. The summed E-state index contributed by atoms with van der Waals surface area (Å²) in [6.45, 7) is 14.4. The molecule has 1 atom stereocenters. The zero-order chi connectivity index (χ0) is 25.1. The first-order valence-electron chi connectivity index (χ1n) is 12.8. The van der Waals surface area contributed by atoms with Gasteiger partial charge in [-0.1, -0.05) is 52.0 Å². The number of hydrogen-bond acceptors (Lipinski definition) is 5. The van der Waals surface area contributed by atoms with Crippen molar-refractivity contribution in [1.82, 2.24) is 9.80 Å². The van der Waals surface area contributed by atoms with Gasteiger partial charge in [-0.2, -0.15) is 0 Å². The van der Waals surface area contributed by atoms with Gasteiger partial charge in [0, 0.05) is 12.6 Å². The van der Waals surface area contributed by atoms with Crippen molar-refractivity contribution in [1.29, 1.82) is 0 Å². The van der Waals surface area contributed by atoms with Crippen LogP contribution in [0.4, 0.5) is 0 Å². The van der Waals surface area contributed by atoms with Crippen molar-refractivity contribution in [3.63, 3.8) is 0 Å². The third kappa shape index (κ3) is 4.85. The Balaban J connectivity index is 1.79. The molecule has 0 radical (unpaired) electrons. The molecule has 0 saturated carbocycles. The molecule has 0 saturated heterocycles. The number of carbonyl (C=O) groups is 1. The van der Waals surface area contributed by atoms with Gasteiger partial charge in [-0.25, -0.2) is 0 Å². The topological polar surface area (TPSA) is 63.0 Å². The molecule has 6 nitrogen and oxygen atoms in total. The van der Waals surface area contributed by atoms with Crippen molar-refractivity contribution in [2.24, 2.45) is 0 Å². The summed E-state index contributed by atoms with van der Waals surface area (Å²) in [7, 11) is 0. The third-order valence-corrected chi connectivity index (χ3v) is 6.94. The number of carbonyl (C=O) groups excluding carboxylic acids is 1. The van der Waals surface area contributed by atoms with E-state index < -0.39 is 6.04 Å². The molecule has 3 aromatic rings. The Morgan fingerprint density at radius 2 is 1.74 bits per heavy atom. The molecule has 6 heteroatoms. The van der Waals surface area contributed by atoms with Crippen LogP contribution in [0.3, 0.4) is 0 Å². The van der Waals surface area contributed by atoms with Crippen molar-refractivity contribution >= 4 is 16.9 Å². The first-order chi connectivity index (χ1) is 16.9. The third-order valence-electron chi connectivity index (χ3n) is 6.94. The lowest BCUT2D eigenvalue weighted by molar-refractivity contribution is 0.0720. The van der Waals surface area contributed by atoms with Gasteiger partial charge in [-0.3, -0.25) is 9.59 Å². The van der Waals surface area contributed by atoms with Crippen LogP contribution >= 0.6 is 0 Å². The van der Waals surface area contributed by atoms with Crippen LogP contribution in [0.25, 0.3) is 11.0 Å². The summed E-state index contributed by atoms with van der Waals surface area (Å²) < 4.78 is 11.7. The second-order valence-corrected chi connectivity index (χ2v) is 9.37. The van der Waals surface area contributed by atoms with E-state index in [4.69, 9.17) is 9.15 Å². The molecule has 186 valence electrons. The lowest BCUT2D eigenvalue weighted by Crippen LogP contribution is -2.33. The Labute approximate surface area is 207 Å². The summed E-state index contributed by atoms with van der Waals surface area (Å²) in [6.07, 6.45) is 0.824. The fourth-order valence-electron chi connectivity index (χ4n) is 4.90. The van der Waals surface area contributed by atoms with Gasteiger partial charge in [0.1, 0.15) is 11.3 Å². The van der Waals surface area contributed by atoms with Gasteiger partial charge in [0.05, 0.1) is 23.6 Å². The van der Waals surface area contributed by atoms with Gasteiger partial charge in [-0.15, -0.1) is 0 Å². The molecule has 4 rings (SSSR count). The normalized spacial score (nSPS) is 15.5. The molecule has 1 aliphatic heterocycles. The van der Waals surface area contributed by atoms with Crippen LogP contribution in [-0.2, 0) is 0 Å². The second-order valence-electron chi connectivity index (χ2n) is 9.37. The molecular weight excluding hydrogens is 440 g/mol. The van der Waals surface area contributed by atoms with E-state index in [9.17, 15) is 9.59 Å². The molecule has 1 unspecified atom stereocenters. The van der Waals surface area contributed by atoms with Crippen LogP contribution in [0.1, 0.15) is 80.2 Å². The van der Waals surface area contributed by atoms with Gasteiger partial charge in [-0.05, 0) is 62.2 Å². The van der Waals surface area contributed by atoms with Crippen molar-refractivity contribution in [3.05, 3.63) is 75.1 Å². The van der Waals surface area contributed by atoms with Crippen molar-refractivity contribution < 1.29 is 13.9 Å². The van der Waals surface area contributed by atoms with E-state index in [-0.39, 0.29) is 17.1 Å². The minimum absolute atomic E-state index is 0.150. The van der Waals surface area contributed by atoms with Crippen LogP contribution in [0.15, 0.2) is 51.7 Å². The largest absolute Gasteiger partial charge is 0.494 e. The number of nitrogens with zero attached hydrogens (tertiary/aromatic N) is 2. The molecule has 1 aromatic heterocycles. The summed E-state index contributed by atoms with van der Waals surface area (Å²) in [5, 5.41) is 0.466. The number of benzene rings is 2. The molecule has 2 aromatic carbocycles. The summed E-state index contributed by atoms with van der Waals surface area (Å²) in [6, 6.07) is 13.0. The number of ether oxygens (including phenoxy) is 1. The van der Waals surface area contributed by atoms with Gasteiger partial charge in [0.2, 0.25) is 5.76 Å². The van der Waals surface area contributed by atoms with E-state index in [1.54, 1.807) is 18.2 Å². The maximum atomic E-state index is 13.7. The molecule has 2 heterocycles. The van der Waals surface area contributed by atoms with Crippen LogP contribution in [0.5, 0.6) is 5.75 Å². The zero-order valence-electron chi connectivity index (χ0n) is 21.5. The Bertz CT molecular complexity index is 1240. The lowest BCUT2D eigenvalue weighted by atomic mass is 9.95. The highest BCUT2D eigenvalue weighted by molar-refractivity contribution is 5.99. The number of fused-ring (bicyclic) bond motifs is 2. The summed E-state index contributed by atoms with van der Waals surface area (Å²) in [4.78, 5) is 31.5. The lowest BCUT2D eigenvalue weighted by Gasteiger charge is -2.27. The van der Waals surface area contributed by atoms with E-state index in [2.05, 4.69) is 44.7 Å². The molecule has 0 fully saturated rings. The van der Waals surface area contributed by atoms with Crippen molar-refractivity contribution in [2.45, 2.75) is 53.0 Å². The number of hydrogen-bond donors (Lipinski definition) is 0. The van der Waals surface area contributed by atoms with E-state index in [1.807, 2.05) is 24.0 Å². The number of amides is 1. The van der Waals surface area contributed by atoms with Crippen molar-refractivity contribution in [3.8, 4) is 5.75 Å². The van der Waals surface area contributed by atoms with Gasteiger partial charge < -0.3 is 19.0 Å². The maximum absolute atomic E-state index is 13.7. The van der Waals surface area contributed by atoms with E-state index >= 15 is 0 Å². The Morgan fingerprint density at radius 3 is 2.37 bits per heavy atom. The fourth-order valence-corrected chi connectivity index (χ4v) is 4.90.